The summed E-state index contributed by atoms with van der Waals surface area (Å²) < 4.78 is 96.7. The average molecular weight is 631 g/mol. The molecule has 0 saturated carbocycles. The van der Waals surface area contributed by atoms with Crippen LogP contribution in [0.1, 0.15) is 0 Å². The van der Waals surface area contributed by atoms with Crippen molar-refractivity contribution in [3.05, 3.63) is 59.5 Å². The third-order valence-electron chi connectivity index (χ3n) is 4.90. The number of phenols is 1. The van der Waals surface area contributed by atoms with E-state index in [2.05, 4.69) is 25.5 Å². The summed E-state index contributed by atoms with van der Waals surface area (Å²) in [5.74, 6) is -2.63. The first-order chi connectivity index (χ1) is 17.6. The van der Waals surface area contributed by atoms with Crippen LogP contribution in [0.3, 0.4) is 0 Å². The molecule has 0 bridgehead atoms. The van der Waals surface area contributed by atoms with Gasteiger partial charge in [-0.1, -0.05) is 17.7 Å². The van der Waals surface area contributed by atoms with E-state index in [1.165, 1.54) is 12.1 Å². The zero-order valence-corrected chi connectivity index (χ0v) is 26.6. The number of hydrogen-bond acceptors (Lipinski definition) is 13. The first-order valence-corrected chi connectivity index (χ1v) is 13.0. The zero-order chi connectivity index (χ0) is 28.0. The molecule has 0 spiro atoms. The molecule has 0 atom stereocenters. The number of azo groups is 1. The van der Waals surface area contributed by atoms with E-state index in [1.54, 1.807) is 0 Å². The summed E-state index contributed by atoms with van der Waals surface area (Å²) in [7, 11) is -10.1. The largest absolute Gasteiger partial charge is 1.00 e. The fourth-order valence-electron chi connectivity index (χ4n) is 3.26. The van der Waals surface area contributed by atoms with Gasteiger partial charge in [-0.3, -0.25) is 0 Å². The predicted octanol–water partition coefficient (Wildman–Crippen LogP) is -2.18. The number of aromatic nitrogens is 2. The summed E-state index contributed by atoms with van der Waals surface area (Å²) in [4.78, 5) is 4.41. The van der Waals surface area contributed by atoms with Gasteiger partial charge in [-0.05, 0) is 41.8 Å². The number of halogens is 3. The Bertz CT molecular complexity index is 1880. The molecule has 0 aliphatic heterocycles. The molecule has 4 aromatic rings. The normalized spacial score (nSPS) is 11.7. The summed E-state index contributed by atoms with van der Waals surface area (Å²) in [5.41, 5.74) is 4.91. The molecular weight excluding hydrogens is 620 g/mol. The molecule has 0 aliphatic rings. The van der Waals surface area contributed by atoms with Crippen LogP contribution in [0.4, 0.5) is 37.3 Å². The summed E-state index contributed by atoms with van der Waals surface area (Å²) in [6.45, 7) is 0. The Morgan fingerprint density at radius 1 is 0.950 bits per heavy atom. The van der Waals surface area contributed by atoms with Gasteiger partial charge in [-0.25, -0.2) is 16.8 Å². The molecule has 198 valence electrons. The van der Waals surface area contributed by atoms with Crippen LogP contribution in [0.2, 0.25) is 5.02 Å². The van der Waals surface area contributed by atoms with Crippen molar-refractivity contribution in [1.29, 1.82) is 0 Å². The Labute approximate surface area is 274 Å². The summed E-state index contributed by atoms with van der Waals surface area (Å²) in [6, 6.07) is 7.17. The number of nitrogens with one attached hydrogen (secondary N) is 1. The van der Waals surface area contributed by atoms with Crippen LogP contribution < -0.4 is 70.2 Å². The third kappa shape index (κ3) is 7.42. The third-order valence-corrected chi connectivity index (χ3v) is 6.91. The molecule has 0 radical (unpaired) electrons. The molecule has 40 heavy (non-hydrogen) atoms. The van der Waals surface area contributed by atoms with E-state index in [1.807, 2.05) is 0 Å². The van der Waals surface area contributed by atoms with Crippen LogP contribution in [0.5, 0.6) is 5.75 Å². The first-order valence-electron chi connectivity index (χ1n) is 9.83. The Balaban J connectivity index is 0.00000280. The second-order valence-electron chi connectivity index (χ2n) is 7.41. The molecule has 4 N–H and O–H groups in total. The Morgan fingerprint density at radius 3 is 2.25 bits per heavy atom. The molecule has 20 heteroatoms. The number of nitrogens with two attached hydrogens (primary N) is 1. The van der Waals surface area contributed by atoms with E-state index >= 15 is 0 Å². The molecular formula is C20H11ClF2N6Na2O7S2. The minimum absolute atomic E-state index is 0. The molecule has 0 unspecified atom stereocenters. The summed E-state index contributed by atoms with van der Waals surface area (Å²) >= 11 is 5.68. The average Bonchev–Trinajstić information content (AvgIpc) is 2.81. The van der Waals surface area contributed by atoms with Crippen molar-refractivity contribution in [2.75, 3.05) is 11.1 Å². The Kier molecular flexibility index (Phi) is 11.0. The van der Waals surface area contributed by atoms with Gasteiger partial charge in [-0.15, -0.1) is 10.2 Å². The maximum Gasteiger partial charge on any atom is 1.00 e. The number of nitrogens with zero attached hydrogens (tertiary/aromatic N) is 4. The van der Waals surface area contributed by atoms with E-state index in [-0.39, 0.29) is 86.9 Å². The topological polar surface area (TPSA) is 223 Å². The summed E-state index contributed by atoms with van der Waals surface area (Å²) in [6.07, 6.45) is -1.47. The maximum absolute atomic E-state index is 13.6. The molecule has 0 aliphatic carbocycles. The quantitative estimate of drug-likeness (QED) is 0.0519. The van der Waals surface area contributed by atoms with Crippen LogP contribution in [-0.4, -0.2) is 41.0 Å². The number of fused-ring (bicyclic) bond motifs is 1. The van der Waals surface area contributed by atoms with Gasteiger partial charge in [0.1, 0.15) is 42.4 Å². The minimum Gasteiger partial charge on any atom is -0.744 e. The van der Waals surface area contributed by atoms with Crippen molar-refractivity contribution < 1.29 is 98.9 Å². The fourth-order valence-corrected chi connectivity index (χ4v) is 4.55. The molecule has 4 rings (SSSR count). The van der Waals surface area contributed by atoms with Crippen molar-refractivity contribution >= 4 is 71.2 Å². The van der Waals surface area contributed by atoms with Gasteiger partial charge in [0.05, 0.1) is 20.9 Å². The summed E-state index contributed by atoms with van der Waals surface area (Å²) in [5, 5.41) is 19.5. The van der Waals surface area contributed by atoms with Crippen molar-refractivity contribution in [3.63, 3.8) is 0 Å². The van der Waals surface area contributed by atoms with Gasteiger partial charge in [0, 0.05) is 5.69 Å². The van der Waals surface area contributed by atoms with E-state index in [0.717, 1.165) is 24.3 Å². The number of rotatable bonds is 6. The molecule has 1 aromatic heterocycles. The monoisotopic (exact) mass is 630 g/mol. The van der Waals surface area contributed by atoms with Crippen LogP contribution in [0.25, 0.3) is 10.8 Å². The molecule has 0 saturated heterocycles. The second-order valence-corrected chi connectivity index (χ2v) is 10.5. The van der Waals surface area contributed by atoms with E-state index in [0.29, 0.717) is 6.07 Å². The van der Waals surface area contributed by atoms with Crippen molar-refractivity contribution in [3.8, 4) is 5.75 Å². The first kappa shape index (κ1) is 34.2. The van der Waals surface area contributed by atoms with Gasteiger partial charge >= 0.3 is 65.2 Å². The number of nitrogen functional groups attached to an aromatic ring is 1. The van der Waals surface area contributed by atoms with Gasteiger partial charge in [0.25, 0.3) is 0 Å². The predicted molar refractivity (Wildman–Crippen MR) is 127 cm³/mol. The smallest absolute Gasteiger partial charge is 0.744 e. The van der Waals surface area contributed by atoms with Gasteiger partial charge in [0.15, 0.2) is 5.82 Å². The maximum atomic E-state index is 13.6. The van der Waals surface area contributed by atoms with Crippen LogP contribution in [0.15, 0.2) is 62.5 Å². The van der Waals surface area contributed by atoms with Gasteiger partial charge in [-0.2, -0.15) is 18.7 Å². The van der Waals surface area contributed by atoms with Crippen LogP contribution in [0, 0.1) is 12.0 Å². The van der Waals surface area contributed by atoms with E-state index < -0.39 is 64.3 Å². The number of phenolic OH excluding ortho intramolecular Hbond substituents is 1. The molecule has 0 amide bonds. The van der Waals surface area contributed by atoms with Gasteiger partial charge < -0.3 is 25.3 Å². The van der Waals surface area contributed by atoms with Gasteiger partial charge in [0.2, 0.25) is 5.95 Å². The fraction of sp³-hybridized carbons (Fsp3) is 0. The number of anilines is 3. The Hall–Kier alpha value is -2.03. The molecule has 13 nitrogen and oxygen atoms in total. The van der Waals surface area contributed by atoms with Crippen LogP contribution in [-0.2, 0) is 20.2 Å². The standard InChI is InChI=1S/C20H13ClF2N6O7S2.2Na/c21-16-18(22)26-20(23)27-19(16)25-9-2-4-12(14(6-9)38(34,35)36)28-29-17-11(24)3-1-8-5-10(37(31,32)33)7-13(30)15(8)17;;/h1-7,30H,24H2,(H,25,26,27)(H,31,32,33)(H,34,35,36);;/q;2*+1/p-2. The molecule has 1 heterocycles. The SMILES string of the molecule is Nc1ccc2cc(S(=O)(=O)[O-])cc(O)c2c1N=Nc1ccc(Nc2nc(F)nc(F)c2Cl)cc1S(=O)(=O)[O-].[Na+].[Na+]. The van der Waals surface area contributed by atoms with Crippen molar-refractivity contribution in [1.82, 2.24) is 9.97 Å². The molecule has 0 fully saturated rings. The number of aromatic hydroxyl groups is 1. The van der Waals surface area contributed by atoms with E-state index in [4.69, 9.17) is 17.3 Å². The van der Waals surface area contributed by atoms with Crippen molar-refractivity contribution in [2.45, 2.75) is 9.79 Å². The number of hydrogen-bond donors (Lipinski definition) is 3. The van der Waals surface area contributed by atoms with E-state index in [9.17, 15) is 39.8 Å². The van der Waals surface area contributed by atoms with Crippen molar-refractivity contribution in [2.24, 2.45) is 10.2 Å². The second kappa shape index (κ2) is 12.9. The minimum atomic E-state index is -5.20. The van der Waals surface area contributed by atoms with Crippen LogP contribution >= 0.6 is 11.6 Å². The number of benzene rings is 3. The zero-order valence-electron chi connectivity index (χ0n) is 20.3. The molecule has 3 aromatic carbocycles. The Morgan fingerprint density at radius 2 is 1.62 bits per heavy atom.